The van der Waals surface area contributed by atoms with Crippen LogP contribution in [0.5, 0.6) is 0 Å². The first-order valence-corrected chi connectivity index (χ1v) is 8.52. The van der Waals surface area contributed by atoms with Gasteiger partial charge in [-0.1, -0.05) is 18.2 Å². The number of hydrogen-bond acceptors (Lipinski definition) is 3. The van der Waals surface area contributed by atoms with E-state index in [0.717, 1.165) is 19.4 Å². The maximum atomic E-state index is 5.00. The van der Waals surface area contributed by atoms with Gasteiger partial charge in [-0.05, 0) is 65.3 Å². The van der Waals surface area contributed by atoms with Crippen molar-refractivity contribution in [3.05, 3.63) is 46.2 Å². The van der Waals surface area contributed by atoms with E-state index in [1.54, 1.807) is 16.9 Å². The van der Waals surface area contributed by atoms with Crippen LogP contribution in [0.15, 0.2) is 40.0 Å². The fraction of sp³-hybridized carbons (Fsp3) is 0.389. The number of thiophene rings is 1. The lowest BCUT2D eigenvalue weighted by molar-refractivity contribution is 0.335. The Morgan fingerprint density at radius 2 is 2.19 bits per heavy atom. The number of aliphatic imine (C=N–C) groups is 1. The van der Waals surface area contributed by atoms with Crippen molar-refractivity contribution in [1.82, 2.24) is 4.90 Å². The molecule has 0 N–H and O–H groups in total. The van der Waals surface area contributed by atoms with Crippen molar-refractivity contribution < 1.29 is 0 Å². The molecule has 108 valence electrons. The zero-order chi connectivity index (χ0) is 14.4. The molecule has 0 radical (unpaired) electrons. The van der Waals surface area contributed by atoms with Gasteiger partial charge < -0.3 is 4.90 Å². The monoisotopic (exact) mass is 296 g/mol. The minimum Gasteiger partial charge on any atom is -0.361 e. The Morgan fingerprint density at radius 1 is 1.29 bits per heavy atom. The van der Waals surface area contributed by atoms with Gasteiger partial charge in [-0.25, -0.2) is 0 Å². The molecule has 2 nitrogen and oxygen atoms in total. The van der Waals surface area contributed by atoms with Crippen LogP contribution in [-0.2, 0) is 12.8 Å². The minimum atomic E-state index is 0.124. The van der Waals surface area contributed by atoms with Crippen LogP contribution >= 0.6 is 11.3 Å². The molecule has 1 aromatic heterocycles. The van der Waals surface area contributed by atoms with E-state index < -0.39 is 0 Å². The lowest BCUT2D eigenvalue weighted by Crippen LogP contribution is -2.39. The van der Waals surface area contributed by atoms with Crippen molar-refractivity contribution in [3.63, 3.8) is 0 Å². The molecule has 21 heavy (non-hydrogen) atoms. The standard InChI is InChI=1S/C18H20N2S/c1-13-19-18(12-20(13)2)8-6-17-14(10-18)4-3-5-16(17)15-7-9-21-11-15/h3-5,7,9,11H,6,8,10,12H2,1-2H3/t18-/m0/s1. The molecular formula is C18H20N2S. The van der Waals surface area contributed by atoms with Crippen molar-refractivity contribution >= 4 is 17.2 Å². The molecule has 1 aliphatic carbocycles. The van der Waals surface area contributed by atoms with Crippen LogP contribution in [0.4, 0.5) is 0 Å². The Labute approximate surface area is 130 Å². The first-order valence-electron chi connectivity index (χ1n) is 7.58. The molecule has 3 heteroatoms. The summed E-state index contributed by atoms with van der Waals surface area (Å²) in [5, 5.41) is 4.42. The molecular weight excluding hydrogens is 276 g/mol. The normalized spacial score (nSPS) is 24.3. The topological polar surface area (TPSA) is 15.6 Å². The van der Waals surface area contributed by atoms with Crippen LogP contribution < -0.4 is 0 Å². The van der Waals surface area contributed by atoms with E-state index in [-0.39, 0.29) is 5.54 Å². The summed E-state index contributed by atoms with van der Waals surface area (Å²) in [4.78, 5) is 7.30. The SMILES string of the molecule is CC1=N[C@]2(CCc3c(cccc3-c3ccsc3)C2)CN1C. The number of nitrogens with zero attached hydrogens (tertiary/aromatic N) is 2. The quantitative estimate of drug-likeness (QED) is 0.776. The Morgan fingerprint density at radius 3 is 2.90 bits per heavy atom. The van der Waals surface area contributed by atoms with Crippen molar-refractivity contribution in [2.45, 2.75) is 31.7 Å². The average molecular weight is 296 g/mol. The highest BCUT2D eigenvalue weighted by Crippen LogP contribution is 2.39. The molecule has 1 spiro atoms. The van der Waals surface area contributed by atoms with E-state index in [0.29, 0.717) is 0 Å². The van der Waals surface area contributed by atoms with E-state index in [9.17, 15) is 0 Å². The van der Waals surface area contributed by atoms with Gasteiger partial charge in [0.25, 0.3) is 0 Å². The van der Waals surface area contributed by atoms with E-state index in [1.165, 1.54) is 28.9 Å². The molecule has 2 aliphatic rings. The van der Waals surface area contributed by atoms with Crippen LogP contribution in [0.1, 0.15) is 24.5 Å². The molecule has 0 saturated heterocycles. The smallest absolute Gasteiger partial charge is 0.0963 e. The van der Waals surface area contributed by atoms with Crippen molar-refractivity contribution in [3.8, 4) is 11.1 Å². The zero-order valence-corrected chi connectivity index (χ0v) is 13.4. The lowest BCUT2D eigenvalue weighted by Gasteiger charge is -2.33. The number of hydrogen-bond donors (Lipinski definition) is 0. The summed E-state index contributed by atoms with van der Waals surface area (Å²) >= 11 is 1.78. The van der Waals surface area contributed by atoms with Gasteiger partial charge >= 0.3 is 0 Å². The van der Waals surface area contributed by atoms with E-state index in [2.05, 4.69) is 53.9 Å². The summed E-state index contributed by atoms with van der Waals surface area (Å²) in [5.41, 5.74) is 5.96. The van der Waals surface area contributed by atoms with Gasteiger partial charge in [0.2, 0.25) is 0 Å². The number of likely N-dealkylation sites (N-methyl/N-ethyl adjacent to an activating group) is 1. The molecule has 0 bridgehead atoms. The van der Waals surface area contributed by atoms with Gasteiger partial charge in [0.15, 0.2) is 0 Å². The van der Waals surface area contributed by atoms with Gasteiger partial charge in [0.05, 0.1) is 11.4 Å². The maximum absolute atomic E-state index is 5.00. The molecule has 2 heterocycles. The highest BCUT2D eigenvalue weighted by atomic mass is 32.1. The second-order valence-corrected chi connectivity index (χ2v) is 7.15. The van der Waals surface area contributed by atoms with E-state index >= 15 is 0 Å². The lowest BCUT2D eigenvalue weighted by atomic mass is 9.76. The van der Waals surface area contributed by atoms with Gasteiger partial charge in [-0.2, -0.15) is 11.3 Å². The highest BCUT2D eigenvalue weighted by molar-refractivity contribution is 7.08. The van der Waals surface area contributed by atoms with Gasteiger partial charge in [0.1, 0.15) is 0 Å². The number of fused-ring (bicyclic) bond motifs is 1. The molecule has 4 rings (SSSR count). The summed E-state index contributed by atoms with van der Waals surface area (Å²) in [6, 6.07) is 9.01. The third kappa shape index (κ3) is 2.11. The minimum absolute atomic E-state index is 0.124. The first kappa shape index (κ1) is 13.1. The first-order chi connectivity index (χ1) is 10.2. The third-order valence-corrected chi connectivity index (χ3v) is 5.63. The second-order valence-electron chi connectivity index (χ2n) is 6.37. The summed E-state index contributed by atoms with van der Waals surface area (Å²) in [6.45, 7) is 3.20. The number of rotatable bonds is 1. The molecule has 1 aromatic carbocycles. The van der Waals surface area contributed by atoms with Gasteiger partial charge in [0, 0.05) is 13.6 Å². The summed E-state index contributed by atoms with van der Waals surface area (Å²) in [6.07, 6.45) is 3.40. The second kappa shape index (κ2) is 4.70. The molecule has 0 saturated carbocycles. The van der Waals surface area contributed by atoms with Crippen LogP contribution in [0.3, 0.4) is 0 Å². The predicted octanol–water partition coefficient (Wildman–Crippen LogP) is 4.01. The Kier molecular flexibility index (Phi) is 2.93. The van der Waals surface area contributed by atoms with Crippen LogP contribution in [0, 0.1) is 0 Å². The van der Waals surface area contributed by atoms with Crippen molar-refractivity contribution in [1.29, 1.82) is 0 Å². The molecule has 0 amide bonds. The summed E-state index contributed by atoms with van der Waals surface area (Å²) < 4.78 is 0. The average Bonchev–Trinajstić information content (AvgIpc) is 3.08. The molecule has 1 atom stereocenters. The molecule has 2 aromatic rings. The largest absolute Gasteiger partial charge is 0.361 e. The van der Waals surface area contributed by atoms with Crippen LogP contribution in [0.2, 0.25) is 0 Å². The third-order valence-electron chi connectivity index (χ3n) is 4.95. The number of amidine groups is 1. The van der Waals surface area contributed by atoms with E-state index in [4.69, 9.17) is 4.99 Å². The fourth-order valence-corrected chi connectivity index (χ4v) is 4.49. The molecule has 0 fully saturated rings. The fourth-order valence-electron chi connectivity index (χ4n) is 3.83. The van der Waals surface area contributed by atoms with Gasteiger partial charge in [-0.3, -0.25) is 4.99 Å². The van der Waals surface area contributed by atoms with Crippen molar-refractivity contribution in [2.24, 2.45) is 4.99 Å². The molecule has 0 unspecified atom stereocenters. The Bertz CT molecular complexity index is 702. The molecule has 1 aliphatic heterocycles. The zero-order valence-electron chi connectivity index (χ0n) is 12.6. The Balaban J connectivity index is 1.74. The number of benzene rings is 1. The Hall–Kier alpha value is -1.61. The van der Waals surface area contributed by atoms with Crippen LogP contribution in [-0.4, -0.2) is 29.9 Å². The summed E-state index contributed by atoms with van der Waals surface area (Å²) in [7, 11) is 2.16. The predicted molar refractivity (Wildman–Crippen MR) is 90.3 cm³/mol. The van der Waals surface area contributed by atoms with Crippen LogP contribution in [0.25, 0.3) is 11.1 Å². The van der Waals surface area contributed by atoms with E-state index in [1.807, 2.05) is 0 Å². The maximum Gasteiger partial charge on any atom is 0.0963 e. The highest BCUT2D eigenvalue weighted by Gasteiger charge is 2.39. The van der Waals surface area contributed by atoms with Crippen molar-refractivity contribution in [2.75, 3.05) is 13.6 Å². The van der Waals surface area contributed by atoms with Gasteiger partial charge in [-0.15, -0.1) is 0 Å². The summed E-state index contributed by atoms with van der Waals surface area (Å²) in [5.74, 6) is 1.19.